The van der Waals surface area contributed by atoms with Gasteiger partial charge >= 0.3 is 0 Å². The quantitative estimate of drug-likeness (QED) is 0.544. The van der Waals surface area contributed by atoms with Gasteiger partial charge in [0.2, 0.25) is 5.89 Å². The van der Waals surface area contributed by atoms with Gasteiger partial charge in [0.1, 0.15) is 0 Å². The molecule has 0 fully saturated rings. The first kappa shape index (κ1) is 17.5. The van der Waals surface area contributed by atoms with E-state index in [9.17, 15) is 0 Å². The molecule has 138 valence electrons. The summed E-state index contributed by atoms with van der Waals surface area (Å²) in [5, 5.41) is 5.40. The highest BCUT2D eigenvalue weighted by atomic mass is 16.5. The number of aromatic amines is 1. The average Bonchev–Trinajstić information content (AvgIpc) is 3.27. The van der Waals surface area contributed by atoms with E-state index in [0.717, 1.165) is 18.8 Å². The van der Waals surface area contributed by atoms with Crippen molar-refractivity contribution in [3.63, 3.8) is 0 Å². The highest BCUT2D eigenvalue weighted by Crippen LogP contribution is 2.22. The molecule has 0 amide bonds. The molecule has 4 rings (SSSR count). The van der Waals surface area contributed by atoms with E-state index >= 15 is 0 Å². The number of nitrogens with zero attached hydrogens (tertiary/aromatic N) is 3. The van der Waals surface area contributed by atoms with E-state index in [-0.39, 0.29) is 0 Å². The molecule has 0 saturated carbocycles. The molecule has 2 heterocycles. The SMILES string of the molecule is CN(C)CCc1c[nH]c2ccc(Cc3nc(Cc4ccccc4)no3)cc12. The van der Waals surface area contributed by atoms with Crippen LogP contribution < -0.4 is 0 Å². The maximum atomic E-state index is 5.47. The Morgan fingerprint density at radius 3 is 2.67 bits per heavy atom. The Balaban J connectivity index is 1.49. The van der Waals surface area contributed by atoms with Crippen LogP contribution in [0, 0.1) is 0 Å². The third kappa shape index (κ3) is 4.26. The zero-order valence-electron chi connectivity index (χ0n) is 15.8. The van der Waals surface area contributed by atoms with E-state index in [2.05, 4.69) is 70.6 Å². The van der Waals surface area contributed by atoms with Crippen molar-refractivity contribution in [3.8, 4) is 0 Å². The minimum absolute atomic E-state index is 0.649. The Bertz CT molecular complexity index is 1020. The first-order valence-corrected chi connectivity index (χ1v) is 9.26. The van der Waals surface area contributed by atoms with Crippen molar-refractivity contribution in [3.05, 3.63) is 83.1 Å². The van der Waals surface area contributed by atoms with Crippen molar-refractivity contribution in [2.45, 2.75) is 19.3 Å². The Labute approximate surface area is 159 Å². The summed E-state index contributed by atoms with van der Waals surface area (Å²) in [6.07, 6.45) is 4.48. The summed E-state index contributed by atoms with van der Waals surface area (Å²) < 4.78 is 5.47. The summed E-state index contributed by atoms with van der Waals surface area (Å²) >= 11 is 0. The smallest absolute Gasteiger partial charge is 0.231 e. The molecule has 5 nitrogen and oxygen atoms in total. The summed E-state index contributed by atoms with van der Waals surface area (Å²) in [7, 11) is 4.20. The van der Waals surface area contributed by atoms with Crippen LogP contribution in [0.1, 0.15) is 28.4 Å². The van der Waals surface area contributed by atoms with E-state index in [0.29, 0.717) is 18.7 Å². The van der Waals surface area contributed by atoms with Gasteiger partial charge in [0.15, 0.2) is 5.82 Å². The van der Waals surface area contributed by atoms with Gasteiger partial charge in [-0.1, -0.05) is 41.6 Å². The largest absolute Gasteiger partial charge is 0.361 e. The van der Waals surface area contributed by atoms with Gasteiger partial charge < -0.3 is 14.4 Å². The molecular formula is C22H24N4O. The molecule has 4 aromatic rings. The van der Waals surface area contributed by atoms with Crippen LogP contribution in [0.25, 0.3) is 10.9 Å². The number of aromatic nitrogens is 3. The number of nitrogens with one attached hydrogen (secondary N) is 1. The fraction of sp³-hybridized carbons (Fsp3) is 0.273. The van der Waals surface area contributed by atoms with Crippen molar-refractivity contribution in [1.29, 1.82) is 0 Å². The van der Waals surface area contributed by atoms with E-state index in [1.807, 2.05) is 18.2 Å². The maximum Gasteiger partial charge on any atom is 0.231 e. The van der Waals surface area contributed by atoms with Gasteiger partial charge in [0.25, 0.3) is 0 Å². The van der Waals surface area contributed by atoms with Crippen molar-refractivity contribution in [2.24, 2.45) is 0 Å². The van der Waals surface area contributed by atoms with Crippen LogP contribution in [0.3, 0.4) is 0 Å². The Morgan fingerprint density at radius 1 is 1.00 bits per heavy atom. The maximum absolute atomic E-state index is 5.47. The standard InChI is InChI=1S/C22H24N4O/c1-26(2)11-10-18-15-23-20-9-8-17(12-19(18)20)14-22-24-21(25-27-22)13-16-6-4-3-5-7-16/h3-9,12,15,23H,10-11,13-14H2,1-2H3. The normalized spacial score (nSPS) is 11.5. The first-order valence-electron chi connectivity index (χ1n) is 9.26. The zero-order valence-corrected chi connectivity index (χ0v) is 15.8. The molecule has 0 aliphatic heterocycles. The lowest BCUT2D eigenvalue weighted by molar-refractivity contribution is 0.380. The number of likely N-dealkylation sites (N-methyl/N-ethyl adjacent to an activating group) is 1. The molecule has 2 aromatic heterocycles. The molecule has 0 saturated heterocycles. The van der Waals surface area contributed by atoms with Crippen molar-refractivity contribution in [2.75, 3.05) is 20.6 Å². The van der Waals surface area contributed by atoms with Crippen LogP contribution in [-0.4, -0.2) is 40.7 Å². The Kier molecular flexibility index (Phi) is 5.03. The van der Waals surface area contributed by atoms with Crippen LogP contribution in [0.5, 0.6) is 0 Å². The molecule has 5 heteroatoms. The molecule has 27 heavy (non-hydrogen) atoms. The highest BCUT2D eigenvalue weighted by molar-refractivity contribution is 5.84. The Morgan fingerprint density at radius 2 is 1.85 bits per heavy atom. The average molecular weight is 360 g/mol. The van der Waals surface area contributed by atoms with E-state index in [1.165, 1.54) is 27.6 Å². The molecule has 0 radical (unpaired) electrons. The number of hydrogen-bond donors (Lipinski definition) is 1. The third-order valence-electron chi connectivity index (χ3n) is 4.73. The van der Waals surface area contributed by atoms with Gasteiger partial charge in [0.05, 0.1) is 6.42 Å². The second-order valence-corrected chi connectivity index (χ2v) is 7.19. The molecule has 0 aliphatic carbocycles. The molecular weight excluding hydrogens is 336 g/mol. The minimum atomic E-state index is 0.649. The number of benzene rings is 2. The number of fused-ring (bicyclic) bond motifs is 1. The summed E-state index contributed by atoms with van der Waals surface area (Å²) in [6, 6.07) is 16.7. The minimum Gasteiger partial charge on any atom is -0.361 e. The van der Waals surface area contributed by atoms with Crippen LogP contribution in [0.4, 0.5) is 0 Å². The lowest BCUT2D eigenvalue weighted by Gasteiger charge is -2.08. The van der Waals surface area contributed by atoms with Gasteiger partial charge in [-0.15, -0.1) is 0 Å². The monoisotopic (exact) mass is 360 g/mol. The molecule has 0 aliphatic rings. The van der Waals surface area contributed by atoms with Crippen LogP contribution in [0.15, 0.2) is 59.3 Å². The summed E-state index contributed by atoms with van der Waals surface area (Å²) in [4.78, 5) is 10.1. The second-order valence-electron chi connectivity index (χ2n) is 7.19. The van der Waals surface area contributed by atoms with Crippen molar-refractivity contribution in [1.82, 2.24) is 20.0 Å². The van der Waals surface area contributed by atoms with Gasteiger partial charge in [-0.25, -0.2) is 0 Å². The lowest BCUT2D eigenvalue weighted by Crippen LogP contribution is -2.14. The Hall–Kier alpha value is -2.92. The predicted molar refractivity (Wildman–Crippen MR) is 107 cm³/mol. The van der Waals surface area contributed by atoms with Crippen LogP contribution >= 0.6 is 0 Å². The van der Waals surface area contributed by atoms with Crippen LogP contribution in [0.2, 0.25) is 0 Å². The lowest BCUT2D eigenvalue weighted by atomic mass is 10.1. The summed E-state index contributed by atoms with van der Waals surface area (Å²) in [5.74, 6) is 1.39. The number of rotatable bonds is 7. The van der Waals surface area contributed by atoms with Crippen LogP contribution in [-0.2, 0) is 19.3 Å². The van der Waals surface area contributed by atoms with Gasteiger partial charge in [-0.05, 0) is 49.3 Å². The summed E-state index contributed by atoms with van der Waals surface area (Å²) in [5.41, 5.74) is 4.88. The molecule has 0 spiro atoms. The molecule has 2 aromatic carbocycles. The second kappa shape index (κ2) is 7.76. The highest BCUT2D eigenvalue weighted by Gasteiger charge is 2.10. The first-order chi connectivity index (χ1) is 13.2. The van der Waals surface area contributed by atoms with E-state index < -0.39 is 0 Å². The molecule has 0 bridgehead atoms. The van der Waals surface area contributed by atoms with Crippen molar-refractivity contribution >= 4 is 10.9 Å². The van der Waals surface area contributed by atoms with E-state index in [1.54, 1.807) is 0 Å². The molecule has 0 unspecified atom stereocenters. The number of hydrogen-bond acceptors (Lipinski definition) is 4. The molecule has 1 N–H and O–H groups in total. The molecule has 0 atom stereocenters. The third-order valence-corrected chi connectivity index (χ3v) is 4.73. The van der Waals surface area contributed by atoms with Crippen molar-refractivity contribution < 1.29 is 4.52 Å². The fourth-order valence-corrected chi connectivity index (χ4v) is 3.27. The number of H-pyrrole nitrogens is 1. The topological polar surface area (TPSA) is 58.0 Å². The van der Waals surface area contributed by atoms with E-state index in [4.69, 9.17) is 4.52 Å². The fourth-order valence-electron chi connectivity index (χ4n) is 3.27. The zero-order chi connectivity index (χ0) is 18.6. The predicted octanol–water partition coefficient (Wildman–Crippen LogP) is 3.84. The van der Waals surface area contributed by atoms with Gasteiger partial charge in [-0.2, -0.15) is 4.98 Å². The summed E-state index contributed by atoms with van der Waals surface area (Å²) in [6.45, 7) is 1.03. The van der Waals surface area contributed by atoms with Gasteiger partial charge in [0, 0.05) is 30.1 Å². The van der Waals surface area contributed by atoms with Gasteiger partial charge in [-0.3, -0.25) is 0 Å².